The van der Waals surface area contributed by atoms with Crippen molar-refractivity contribution in [3.05, 3.63) is 22.4 Å². The Morgan fingerprint density at radius 3 is 2.07 bits per heavy atom. The summed E-state index contributed by atoms with van der Waals surface area (Å²) in [5, 5.41) is 0. The smallest absolute Gasteiger partial charge is 0 e. The Morgan fingerprint density at radius 1 is 1.14 bits per heavy atom. The van der Waals surface area contributed by atoms with E-state index in [9.17, 15) is 14.4 Å². The number of rotatable bonds is 4. The Bertz CT molecular complexity index is 273. The van der Waals surface area contributed by atoms with E-state index in [-0.39, 0.29) is 19.5 Å². The molecule has 0 fully saturated rings. The Labute approximate surface area is 98.2 Å². The van der Waals surface area contributed by atoms with Gasteiger partial charge in [-0.2, -0.15) is 0 Å². The summed E-state index contributed by atoms with van der Waals surface area (Å²) in [4.78, 5) is 33.9. The van der Waals surface area contributed by atoms with Crippen molar-refractivity contribution in [1.82, 2.24) is 0 Å². The van der Waals surface area contributed by atoms with Gasteiger partial charge in [0, 0.05) is 19.5 Å². The van der Waals surface area contributed by atoms with Gasteiger partial charge in [0.05, 0.1) is 0 Å². The number of allylic oxidation sites excluding steroid dienone is 4. The predicted molar refractivity (Wildman–Crippen MR) is 46.7 cm³/mol. The SMILES string of the molecule is O=[CH][Ru]([CH]=O)([CH]=O)[C]1=CC=CCC1.[Ru]. The molecular weight excluding hydrogens is 358 g/mol. The van der Waals surface area contributed by atoms with Crippen LogP contribution in [0.5, 0.6) is 0 Å². The van der Waals surface area contributed by atoms with Gasteiger partial charge in [-0.05, 0) is 0 Å². The molecular formula is C9H10O3Ru2. The van der Waals surface area contributed by atoms with Crippen LogP contribution in [0.3, 0.4) is 0 Å². The molecule has 14 heavy (non-hydrogen) atoms. The van der Waals surface area contributed by atoms with Crippen molar-refractivity contribution in [3.63, 3.8) is 0 Å². The second kappa shape index (κ2) is 6.26. The summed E-state index contributed by atoms with van der Waals surface area (Å²) < 4.78 is 0.749. The fraction of sp³-hybridized carbons (Fsp3) is 0.222. The third-order valence-corrected chi connectivity index (χ3v) is 6.45. The van der Waals surface area contributed by atoms with Crippen LogP contribution in [-0.4, -0.2) is 14.6 Å². The topological polar surface area (TPSA) is 51.2 Å². The van der Waals surface area contributed by atoms with Crippen LogP contribution >= 0.6 is 0 Å². The van der Waals surface area contributed by atoms with Crippen molar-refractivity contribution < 1.29 is 48.6 Å². The van der Waals surface area contributed by atoms with Crippen LogP contribution in [0.15, 0.2) is 22.4 Å². The first-order valence-electron chi connectivity index (χ1n) is 3.71. The van der Waals surface area contributed by atoms with Crippen molar-refractivity contribution in [1.29, 1.82) is 0 Å². The number of carbonyl (C=O) groups is 3. The van der Waals surface area contributed by atoms with Gasteiger partial charge in [0.25, 0.3) is 0 Å². The van der Waals surface area contributed by atoms with E-state index in [1.807, 2.05) is 6.08 Å². The van der Waals surface area contributed by atoms with Crippen molar-refractivity contribution in [2.45, 2.75) is 12.8 Å². The minimum Gasteiger partial charge on any atom is 0 e. The molecule has 0 saturated heterocycles. The quantitative estimate of drug-likeness (QED) is 0.548. The van der Waals surface area contributed by atoms with E-state index in [0.717, 1.165) is 10.6 Å². The zero-order chi connectivity index (χ0) is 9.73. The van der Waals surface area contributed by atoms with E-state index in [1.54, 1.807) is 12.2 Å². The van der Waals surface area contributed by atoms with Crippen LogP contribution in [0.2, 0.25) is 0 Å². The molecule has 0 aromatic carbocycles. The first-order valence-corrected chi connectivity index (χ1v) is 7.59. The summed E-state index contributed by atoms with van der Waals surface area (Å²) in [5.74, 6) is 0. The molecule has 1 aliphatic carbocycles. The molecule has 0 aromatic rings. The van der Waals surface area contributed by atoms with Crippen molar-refractivity contribution in [2.75, 3.05) is 0 Å². The molecule has 0 saturated carbocycles. The molecule has 0 N–H and O–H groups in total. The first-order chi connectivity index (χ1) is 6.29. The molecule has 3 nitrogen and oxygen atoms in total. The zero-order valence-corrected chi connectivity index (χ0v) is 10.8. The monoisotopic (exact) mass is 370 g/mol. The van der Waals surface area contributed by atoms with Gasteiger partial charge in [-0.25, -0.2) is 0 Å². The summed E-state index contributed by atoms with van der Waals surface area (Å²) in [6.07, 6.45) is 6.95. The molecule has 0 bridgehead atoms. The second-order valence-electron chi connectivity index (χ2n) is 2.47. The molecule has 0 aliphatic heterocycles. The maximum Gasteiger partial charge on any atom is 0 e. The van der Waals surface area contributed by atoms with E-state index in [1.165, 1.54) is 0 Å². The number of hydrogen-bond donors (Lipinski definition) is 0. The third-order valence-electron chi connectivity index (χ3n) is 1.76. The molecule has 0 radical (unpaired) electrons. The van der Waals surface area contributed by atoms with Crippen LogP contribution in [0.25, 0.3) is 0 Å². The van der Waals surface area contributed by atoms with Crippen LogP contribution < -0.4 is 0 Å². The first kappa shape index (κ1) is 13.7. The third kappa shape index (κ3) is 2.62. The molecule has 80 valence electrons. The van der Waals surface area contributed by atoms with Crippen molar-refractivity contribution in [3.8, 4) is 0 Å². The van der Waals surface area contributed by atoms with Crippen LogP contribution in [-0.2, 0) is 48.6 Å². The molecule has 0 spiro atoms. The summed E-state index contributed by atoms with van der Waals surface area (Å²) in [6.45, 7) is 0. The normalized spacial score (nSPS) is 16.1. The van der Waals surface area contributed by atoms with Gasteiger partial charge in [-0.1, -0.05) is 0 Å². The van der Waals surface area contributed by atoms with E-state index >= 15 is 0 Å². The van der Waals surface area contributed by atoms with Gasteiger partial charge < -0.3 is 0 Å². The standard InChI is InChI=1S/C6H7.3CHO.2Ru/c1-2-4-6-5-3-1;3*1-2;;/h1-3H,4,6H2;3*1H;;. The molecule has 5 heteroatoms. The molecule has 1 rings (SSSR count). The maximum absolute atomic E-state index is 10.7. The Balaban J connectivity index is 0.00000169. The Kier molecular flexibility index (Phi) is 6.15. The van der Waals surface area contributed by atoms with Crippen LogP contribution in [0, 0.1) is 0 Å². The molecule has 0 unspecified atom stereocenters. The predicted octanol–water partition coefficient (Wildman–Crippen LogP) is 0.942. The maximum atomic E-state index is 10.7. The van der Waals surface area contributed by atoms with E-state index < -0.39 is 14.8 Å². The molecule has 0 amide bonds. The summed E-state index contributed by atoms with van der Waals surface area (Å²) in [7, 11) is 0. The Morgan fingerprint density at radius 2 is 1.71 bits per heavy atom. The van der Waals surface area contributed by atoms with Gasteiger partial charge in [0.15, 0.2) is 0 Å². The molecule has 1 aliphatic rings. The summed E-state index contributed by atoms with van der Waals surface area (Å²) in [5.41, 5.74) is 0. The van der Waals surface area contributed by atoms with Gasteiger partial charge in [-0.3, -0.25) is 0 Å². The minimum atomic E-state index is -3.39. The summed E-state index contributed by atoms with van der Waals surface area (Å²) in [6, 6.07) is 0. The van der Waals surface area contributed by atoms with Crippen LogP contribution in [0.1, 0.15) is 12.8 Å². The van der Waals surface area contributed by atoms with Gasteiger partial charge in [-0.15, -0.1) is 0 Å². The average molecular weight is 368 g/mol. The molecule has 0 aromatic heterocycles. The van der Waals surface area contributed by atoms with E-state index in [4.69, 9.17) is 0 Å². The zero-order valence-electron chi connectivity index (χ0n) is 7.31. The van der Waals surface area contributed by atoms with Gasteiger partial charge >= 0.3 is 79.0 Å². The fourth-order valence-electron chi connectivity index (χ4n) is 1.04. The molecule has 0 atom stereocenters. The van der Waals surface area contributed by atoms with Crippen molar-refractivity contribution >= 4 is 14.6 Å². The van der Waals surface area contributed by atoms with Crippen molar-refractivity contribution in [2.24, 2.45) is 0 Å². The molecule has 0 heterocycles. The van der Waals surface area contributed by atoms with E-state index in [2.05, 4.69) is 0 Å². The number of carbonyl (C=O) groups excluding carboxylic acids is 3. The number of hydrogen-bond acceptors (Lipinski definition) is 3. The van der Waals surface area contributed by atoms with Gasteiger partial charge in [0.2, 0.25) is 0 Å². The Hall–Kier alpha value is -0.263. The fourth-order valence-corrected chi connectivity index (χ4v) is 3.79. The van der Waals surface area contributed by atoms with Crippen LogP contribution in [0.4, 0.5) is 0 Å². The second-order valence-corrected chi connectivity index (χ2v) is 8.06. The summed E-state index contributed by atoms with van der Waals surface area (Å²) >= 11 is -3.39. The minimum absolute atomic E-state index is 0. The van der Waals surface area contributed by atoms with E-state index in [0.29, 0.717) is 21.1 Å². The average Bonchev–Trinajstić information content (AvgIpc) is 2.23. The largest absolute Gasteiger partial charge is 0 e. The van der Waals surface area contributed by atoms with Gasteiger partial charge in [0.1, 0.15) is 0 Å².